The van der Waals surface area contributed by atoms with Crippen LogP contribution < -0.4 is 20.5 Å². The average molecular weight is 506 g/mol. The number of hydrogen-bond donors (Lipinski definition) is 1. The fourth-order valence-electron chi connectivity index (χ4n) is 3.30. The summed E-state index contributed by atoms with van der Waals surface area (Å²) in [4.78, 5) is 30.6. The normalized spacial score (nSPS) is 11.0. The predicted octanol–water partition coefficient (Wildman–Crippen LogP) is 4.63. The Morgan fingerprint density at radius 3 is 2.45 bits per heavy atom. The first-order chi connectivity index (χ1) is 16.0. The van der Waals surface area contributed by atoms with Crippen LogP contribution in [0.2, 0.25) is 0 Å². The van der Waals surface area contributed by atoms with E-state index >= 15 is 0 Å². The highest BCUT2D eigenvalue weighted by Crippen LogP contribution is 2.31. The maximum absolute atomic E-state index is 13.3. The second-order valence-corrected chi connectivity index (χ2v) is 7.94. The quantitative estimate of drug-likeness (QED) is 0.386. The van der Waals surface area contributed by atoms with E-state index in [2.05, 4.69) is 26.3 Å². The van der Waals surface area contributed by atoms with Crippen LogP contribution in [-0.2, 0) is 4.79 Å². The van der Waals surface area contributed by atoms with Gasteiger partial charge in [-0.1, -0.05) is 40.2 Å². The first kappa shape index (κ1) is 22.3. The number of hydrogen-bond acceptors (Lipinski definition) is 5. The number of carbonyl (C=O) groups is 1. The minimum Gasteiger partial charge on any atom is -0.493 e. The monoisotopic (exact) mass is 505 g/mol. The van der Waals surface area contributed by atoms with Gasteiger partial charge < -0.3 is 9.47 Å². The molecule has 7 nitrogen and oxygen atoms in total. The Labute approximate surface area is 198 Å². The van der Waals surface area contributed by atoms with E-state index in [1.807, 2.05) is 24.3 Å². The van der Waals surface area contributed by atoms with E-state index in [0.717, 1.165) is 14.7 Å². The van der Waals surface area contributed by atoms with Gasteiger partial charge in [0, 0.05) is 16.1 Å². The van der Waals surface area contributed by atoms with Crippen LogP contribution >= 0.6 is 15.9 Å². The molecule has 0 saturated heterocycles. The van der Waals surface area contributed by atoms with Crippen molar-refractivity contribution in [2.75, 3.05) is 19.6 Å². The van der Waals surface area contributed by atoms with Gasteiger partial charge >= 0.3 is 0 Å². The van der Waals surface area contributed by atoms with Crippen molar-refractivity contribution in [3.05, 3.63) is 93.2 Å². The van der Waals surface area contributed by atoms with E-state index in [1.165, 1.54) is 13.2 Å². The number of fused-ring (bicyclic) bond motifs is 1. The molecule has 1 N–H and O–H groups in total. The summed E-state index contributed by atoms with van der Waals surface area (Å²) in [7, 11) is 3.07. The molecule has 1 aromatic heterocycles. The molecule has 1 heterocycles. The van der Waals surface area contributed by atoms with Crippen molar-refractivity contribution in [1.29, 1.82) is 0 Å². The van der Waals surface area contributed by atoms with Crippen molar-refractivity contribution in [3.8, 4) is 22.9 Å². The van der Waals surface area contributed by atoms with E-state index in [-0.39, 0.29) is 5.82 Å². The molecule has 0 aliphatic rings. The van der Waals surface area contributed by atoms with Crippen LogP contribution in [0.5, 0.6) is 11.5 Å². The maximum atomic E-state index is 13.3. The fourth-order valence-corrected chi connectivity index (χ4v) is 3.56. The molecule has 0 unspecified atom stereocenters. The number of nitrogens with zero attached hydrogens (tertiary/aromatic N) is 2. The molecule has 0 aliphatic carbocycles. The van der Waals surface area contributed by atoms with Crippen molar-refractivity contribution < 1.29 is 14.3 Å². The number of ether oxygens (including phenoxy) is 2. The molecule has 0 fully saturated rings. The molecule has 3 aromatic carbocycles. The lowest BCUT2D eigenvalue weighted by Gasteiger charge is -2.15. The van der Waals surface area contributed by atoms with E-state index in [1.54, 1.807) is 55.7 Å². The number of benzene rings is 3. The van der Waals surface area contributed by atoms with Crippen molar-refractivity contribution >= 4 is 38.8 Å². The molecule has 0 bridgehead atoms. The van der Waals surface area contributed by atoms with Crippen molar-refractivity contribution in [2.45, 2.75) is 0 Å². The lowest BCUT2D eigenvalue weighted by Crippen LogP contribution is -2.34. The number of halogens is 1. The molecule has 4 aromatic rings. The van der Waals surface area contributed by atoms with Crippen molar-refractivity contribution in [1.82, 2.24) is 9.66 Å². The van der Waals surface area contributed by atoms with Crippen LogP contribution in [0.15, 0.2) is 82.1 Å². The first-order valence-electron chi connectivity index (χ1n) is 9.99. The third kappa shape index (κ3) is 4.80. The second-order valence-electron chi connectivity index (χ2n) is 7.02. The van der Waals surface area contributed by atoms with Gasteiger partial charge in [-0.15, -0.1) is 0 Å². The highest BCUT2D eigenvalue weighted by Gasteiger charge is 2.16. The summed E-state index contributed by atoms with van der Waals surface area (Å²) < 4.78 is 12.8. The summed E-state index contributed by atoms with van der Waals surface area (Å²) in [5, 5.41) is 0.388. The van der Waals surface area contributed by atoms with Crippen molar-refractivity contribution in [3.63, 3.8) is 0 Å². The lowest BCUT2D eigenvalue weighted by atomic mass is 10.1. The molecule has 33 heavy (non-hydrogen) atoms. The molecule has 0 atom stereocenters. The van der Waals surface area contributed by atoms with Gasteiger partial charge in [-0.2, -0.15) is 4.68 Å². The van der Waals surface area contributed by atoms with Gasteiger partial charge in [-0.3, -0.25) is 15.0 Å². The van der Waals surface area contributed by atoms with Crippen LogP contribution in [0.1, 0.15) is 5.56 Å². The summed E-state index contributed by atoms with van der Waals surface area (Å²) >= 11 is 3.38. The molecule has 166 valence electrons. The third-order valence-electron chi connectivity index (χ3n) is 4.94. The number of carbonyl (C=O) groups excluding carboxylic acids is 1. The highest BCUT2D eigenvalue weighted by molar-refractivity contribution is 9.10. The Hall–Kier alpha value is -3.91. The zero-order valence-corrected chi connectivity index (χ0v) is 19.5. The van der Waals surface area contributed by atoms with E-state index in [4.69, 9.17) is 9.47 Å². The Kier molecular flexibility index (Phi) is 6.55. The fraction of sp³-hybridized carbons (Fsp3) is 0.0800. The minimum absolute atomic E-state index is 0.269. The largest absolute Gasteiger partial charge is 0.493 e. The lowest BCUT2D eigenvalue weighted by molar-refractivity contribution is -0.112. The first-order valence-corrected chi connectivity index (χ1v) is 10.8. The Bertz CT molecular complexity index is 1410. The Morgan fingerprint density at radius 2 is 1.73 bits per heavy atom. The zero-order chi connectivity index (χ0) is 23.4. The summed E-state index contributed by atoms with van der Waals surface area (Å²) in [6, 6.07) is 19.6. The van der Waals surface area contributed by atoms with Gasteiger partial charge in [-0.05, 0) is 54.1 Å². The summed E-state index contributed by atoms with van der Waals surface area (Å²) in [6.45, 7) is 0. The molecule has 1 amide bonds. The third-order valence-corrected chi connectivity index (χ3v) is 5.47. The van der Waals surface area contributed by atoms with E-state index in [9.17, 15) is 9.59 Å². The van der Waals surface area contributed by atoms with Crippen LogP contribution in [0, 0.1) is 0 Å². The van der Waals surface area contributed by atoms with Gasteiger partial charge in [0.2, 0.25) is 0 Å². The van der Waals surface area contributed by atoms with Gasteiger partial charge in [0.15, 0.2) is 17.3 Å². The highest BCUT2D eigenvalue weighted by atomic mass is 79.9. The maximum Gasteiger partial charge on any atom is 0.280 e. The Balaban J connectivity index is 1.78. The summed E-state index contributed by atoms with van der Waals surface area (Å²) in [5.74, 6) is 0.812. The topological polar surface area (TPSA) is 82.5 Å². The molecule has 0 aliphatic heterocycles. The van der Waals surface area contributed by atoms with Crippen LogP contribution in [0.4, 0.5) is 0 Å². The summed E-state index contributed by atoms with van der Waals surface area (Å²) in [5.41, 5.74) is 4.20. The molecular weight excluding hydrogens is 486 g/mol. The van der Waals surface area contributed by atoms with Crippen LogP contribution in [0.25, 0.3) is 28.4 Å². The van der Waals surface area contributed by atoms with Gasteiger partial charge in [-0.25, -0.2) is 4.98 Å². The van der Waals surface area contributed by atoms with Gasteiger partial charge in [0.1, 0.15) is 0 Å². The molecular formula is C25H20BrN3O4. The SMILES string of the molecule is COc1ccc(-c2nc3ccccc3c(=O)n2NC(=O)/C=C/c2ccc(Br)cc2)cc1OC. The molecule has 4 rings (SSSR count). The van der Waals surface area contributed by atoms with Gasteiger partial charge in [0.05, 0.1) is 25.1 Å². The number of nitrogens with one attached hydrogen (secondary N) is 1. The molecule has 0 spiro atoms. The zero-order valence-electron chi connectivity index (χ0n) is 17.9. The van der Waals surface area contributed by atoms with Crippen LogP contribution in [-0.4, -0.2) is 29.8 Å². The predicted molar refractivity (Wildman–Crippen MR) is 132 cm³/mol. The smallest absolute Gasteiger partial charge is 0.280 e. The number of rotatable bonds is 6. The number of para-hydroxylation sites is 1. The van der Waals surface area contributed by atoms with Crippen LogP contribution in [0.3, 0.4) is 0 Å². The average Bonchev–Trinajstić information content (AvgIpc) is 2.85. The second kappa shape index (κ2) is 9.70. The number of aromatic nitrogens is 2. The summed E-state index contributed by atoms with van der Waals surface area (Å²) in [6.07, 6.45) is 3.03. The Morgan fingerprint density at radius 1 is 1.00 bits per heavy atom. The van der Waals surface area contributed by atoms with E-state index in [0.29, 0.717) is 28.0 Å². The molecule has 0 saturated carbocycles. The van der Waals surface area contributed by atoms with Gasteiger partial charge in [0.25, 0.3) is 11.5 Å². The minimum atomic E-state index is -0.473. The standard InChI is InChI=1S/C25H20BrN3O4/c1-32-21-13-10-17(15-22(21)33-2)24-27-20-6-4-3-5-19(20)25(31)29(24)28-23(30)14-9-16-7-11-18(26)12-8-16/h3-15H,1-2H3,(H,28,30)/b14-9+. The number of methoxy groups -OCH3 is 2. The van der Waals surface area contributed by atoms with Crippen molar-refractivity contribution in [2.24, 2.45) is 0 Å². The molecule has 8 heteroatoms. The number of amides is 1. The molecule has 0 radical (unpaired) electrons. The van der Waals surface area contributed by atoms with E-state index < -0.39 is 11.5 Å².